The number of rotatable bonds is 24. The van der Waals surface area contributed by atoms with Crippen molar-refractivity contribution in [3.05, 3.63) is 29.8 Å². The summed E-state index contributed by atoms with van der Waals surface area (Å²) in [6.07, 6.45) is 2.25. The van der Waals surface area contributed by atoms with Gasteiger partial charge >= 0.3 is 0 Å². The van der Waals surface area contributed by atoms with Gasteiger partial charge in [-0.05, 0) is 61.8 Å². The molecule has 1 fully saturated rings. The maximum atomic E-state index is 14.1. The third kappa shape index (κ3) is 13.5. The topological polar surface area (TPSA) is 125 Å². The molecule has 1 aliphatic heterocycles. The third-order valence-corrected chi connectivity index (χ3v) is 11.2. The molecule has 1 aromatic rings. The SMILES string of the molecule is CCC(C)[C@@H]([C@@H](CC(=O)N1CCC[C@H]1[C@H](OC)[C@@H](C)C(=O)NCCc1ccc(N(C)C)cc1)OC)N(C)C(=O)[C@@H](NCOC[C@@H](NC)C(C)C)C(C)C. The molecule has 12 heteroatoms. The van der Waals surface area contributed by atoms with Gasteiger partial charge in [-0.1, -0.05) is 67.0 Å². The molecule has 1 saturated heterocycles. The molecule has 1 heterocycles. The summed E-state index contributed by atoms with van der Waals surface area (Å²) >= 11 is 0. The van der Waals surface area contributed by atoms with Crippen LogP contribution in [0.2, 0.25) is 0 Å². The Balaban J connectivity index is 2.11. The van der Waals surface area contributed by atoms with Crippen molar-refractivity contribution in [2.24, 2.45) is 23.7 Å². The third-order valence-electron chi connectivity index (χ3n) is 11.2. The molecular formula is C41H74N6O6. The van der Waals surface area contributed by atoms with E-state index in [-0.39, 0.29) is 60.8 Å². The highest BCUT2D eigenvalue weighted by Gasteiger charge is 2.42. The molecule has 1 aliphatic rings. The first-order valence-corrected chi connectivity index (χ1v) is 19.8. The lowest BCUT2D eigenvalue weighted by atomic mass is 9.89. The van der Waals surface area contributed by atoms with Gasteiger partial charge in [-0.15, -0.1) is 0 Å². The van der Waals surface area contributed by atoms with Crippen molar-refractivity contribution >= 4 is 23.4 Å². The number of likely N-dealkylation sites (tertiary alicyclic amines) is 1. The van der Waals surface area contributed by atoms with Gasteiger partial charge in [0.25, 0.3) is 0 Å². The fourth-order valence-electron chi connectivity index (χ4n) is 7.53. The van der Waals surface area contributed by atoms with Crippen LogP contribution in [0, 0.1) is 23.7 Å². The second-order valence-electron chi connectivity index (χ2n) is 15.8. The highest BCUT2D eigenvalue weighted by molar-refractivity contribution is 5.83. The number of nitrogens with one attached hydrogen (secondary N) is 3. The number of anilines is 1. The fraction of sp³-hybridized carbons (Fsp3) is 0.780. The van der Waals surface area contributed by atoms with Crippen LogP contribution >= 0.6 is 0 Å². The summed E-state index contributed by atoms with van der Waals surface area (Å²) in [4.78, 5) is 47.3. The van der Waals surface area contributed by atoms with E-state index in [2.05, 4.69) is 72.8 Å². The molecule has 0 radical (unpaired) electrons. The number of methoxy groups -OCH3 is 2. The Morgan fingerprint density at radius 3 is 2.15 bits per heavy atom. The molecule has 0 bridgehead atoms. The number of carbonyl (C=O) groups excluding carboxylic acids is 3. The second kappa shape index (κ2) is 23.2. The van der Waals surface area contributed by atoms with Gasteiger partial charge in [-0.25, -0.2) is 0 Å². The number of likely N-dealkylation sites (N-methyl/N-ethyl adjacent to an activating group) is 2. The Morgan fingerprint density at radius 1 is 0.962 bits per heavy atom. The summed E-state index contributed by atoms with van der Waals surface area (Å²) < 4.78 is 17.9. The van der Waals surface area contributed by atoms with Crippen molar-refractivity contribution in [1.29, 1.82) is 0 Å². The minimum atomic E-state index is -0.521. The second-order valence-corrected chi connectivity index (χ2v) is 15.8. The van der Waals surface area contributed by atoms with E-state index < -0.39 is 24.2 Å². The highest BCUT2D eigenvalue weighted by Crippen LogP contribution is 2.29. The highest BCUT2D eigenvalue weighted by atomic mass is 16.5. The summed E-state index contributed by atoms with van der Waals surface area (Å²) in [5, 5.41) is 9.71. The largest absolute Gasteiger partial charge is 0.379 e. The predicted molar refractivity (Wildman–Crippen MR) is 214 cm³/mol. The van der Waals surface area contributed by atoms with Crippen molar-refractivity contribution < 1.29 is 28.6 Å². The normalized spacial score (nSPS) is 18.7. The van der Waals surface area contributed by atoms with E-state index >= 15 is 0 Å². The standard InChI is InChI=1S/C41H74N6O6/c1-14-29(6)38(46(11)41(50)37(28(4)5)44-26-53-25-33(42-8)27(2)3)35(51-12)24-36(48)47-23-15-16-34(47)39(52-13)30(7)40(49)43-22-21-31-17-19-32(20-18-31)45(9)10/h17-20,27-30,33-35,37-39,42,44H,14-16,21-26H2,1-13H3,(H,43,49)/t29?,30-,33-,34+,35-,37+,38+,39-/m1/s1. The van der Waals surface area contributed by atoms with Crippen LogP contribution in [-0.2, 0) is 35.0 Å². The van der Waals surface area contributed by atoms with E-state index in [4.69, 9.17) is 14.2 Å². The summed E-state index contributed by atoms with van der Waals surface area (Å²) in [6.45, 7) is 16.3. The number of nitrogens with zero attached hydrogens (tertiary/aromatic N) is 3. The molecule has 1 aromatic carbocycles. The van der Waals surface area contributed by atoms with Gasteiger partial charge in [0, 0.05) is 60.2 Å². The molecule has 12 nitrogen and oxygen atoms in total. The average molecular weight is 747 g/mol. The summed E-state index contributed by atoms with van der Waals surface area (Å²) in [5.74, 6) is -0.142. The molecule has 2 rings (SSSR count). The first-order valence-electron chi connectivity index (χ1n) is 19.8. The predicted octanol–water partition coefficient (Wildman–Crippen LogP) is 4.16. The van der Waals surface area contributed by atoms with Crippen LogP contribution in [0.5, 0.6) is 0 Å². The van der Waals surface area contributed by atoms with E-state index in [1.54, 1.807) is 19.1 Å². The zero-order valence-electron chi connectivity index (χ0n) is 35.2. The van der Waals surface area contributed by atoms with Crippen molar-refractivity contribution in [3.8, 4) is 0 Å². The summed E-state index contributed by atoms with van der Waals surface area (Å²) in [6, 6.07) is 7.51. The molecule has 3 amide bonds. The van der Waals surface area contributed by atoms with Crippen molar-refractivity contribution in [3.63, 3.8) is 0 Å². The number of ether oxygens (including phenoxy) is 3. The minimum Gasteiger partial charge on any atom is -0.379 e. The van der Waals surface area contributed by atoms with Gasteiger partial charge in [-0.3, -0.25) is 19.7 Å². The molecule has 0 aromatic heterocycles. The molecule has 0 spiro atoms. The molecule has 1 unspecified atom stereocenters. The Labute approximate surface area is 321 Å². The molecule has 3 N–H and O–H groups in total. The lowest BCUT2D eigenvalue weighted by molar-refractivity contribution is -0.147. The van der Waals surface area contributed by atoms with Crippen LogP contribution in [-0.4, -0.2) is 133 Å². The fourth-order valence-corrected chi connectivity index (χ4v) is 7.53. The van der Waals surface area contributed by atoms with Gasteiger partial charge in [0.1, 0.15) is 0 Å². The first-order chi connectivity index (χ1) is 25.1. The van der Waals surface area contributed by atoms with E-state index in [0.717, 1.165) is 36.9 Å². The van der Waals surface area contributed by atoms with Crippen LogP contribution in [0.25, 0.3) is 0 Å². The Morgan fingerprint density at radius 2 is 1.62 bits per heavy atom. The minimum absolute atomic E-state index is 0.0177. The first kappa shape index (κ1) is 46.4. The van der Waals surface area contributed by atoms with E-state index in [1.165, 1.54) is 0 Å². The van der Waals surface area contributed by atoms with Gasteiger partial charge in [0.15, 0.2) is 0 Å². The molecule has 8 atom stereocenters. The van der Waals surface area contributed by atoms with Crippen molar-refractivity contribution in [1.82, 2.24) is 25.8 Å². The van der Waals surface area contributed by atoms with Crippen LogP contribution in [0.4, 0.5) is 5.69 Å². The number of benzene rings is 1. The van der Waals surface area contributed by atoms with Crippen LogP contribution in [0.15, 0.2) is 24.3 Å². The Bertz CT molecular complexity index is 1230. The number of hydrogen-bond donors (Lipinski definition) is 3. The zero-order valence-corrected chi connectivity index (χ0v) is 35.2. The van der Waals surface area contributed by atoms with E-state index in [9.17, 15) is 14.4 Å². The average Bonchev–Trinajstić information content (AvgIpc) is 3.62. The van der Waals surface area contributed by atoms with Crippen LogP contribution in [0.3, 0.4) is 0 Å². The van der Waals surface area contributed by atoms with E-state index in [1.807, 2.05) is 53.9 Å². The molecule has 0 saturated carbocycles. The lowest BCUT2D eigenvalue weighted by Gasteiger charge is -2.41. The van der Waals surface area contributed by atoms with Gasteiger partial charge in [-0.2, -0.15) is 0 Å². The number of amides is 3. The maximum absolute atomic E-state index is 14.1. The quantitative estimate of drug-likeness (QED) is 0.106. The number of carbonyl (C=O) groups is 3. The van der Waals surface area contributed by atoms with Crippen molar-refractivity contribution in [2.45, 2.75) is 117 Å². The summed E-state index contributed by atoms with van der Waals surface area (Å²) in [7, 11) is 11.0. The smallest absolute Gasteiger partial charge is 0.240 e. The Hall–Kier alpha value is -2.77. The Kier molecular flexibility index (Phi) is 20.3. The van der Waals surface area contributed by atoms with Gasteiger partial charge in [0.05, 0.1) is 56.0 Å². The zero-order chi connectivity index (χ0) is 39.8. The molecule has 53 heavy (non-hydrogen) atoms. The maximum Gasteiger partial charge on any atom is 0.240 e. The van der Waals surface area contributed by atoms with Crippen LogP contribution < -0.4 is 20.9 Å². The number of hydrogen-bond acceptors (Lipinski definition) is 9. The molecular weight excluding hydrogens is 672 g/mol. The van der Waals surface area contributed by atoms with Gasteiger partial charge < -0.3 is 39.5 Å². The lowest BCUT2D eigenvalue weighted by Crippen LogP contribution is -2.57. The van der Waals surface area contributed by atoms with Crippen molar-refractivity contribution in [2.75, 3.05) is 73.7 Å². The van der Waals surface area contributed by atoms with Gasteiger partial charge in [0.2, 0.25) is 17.7 Å². The van der Waals surface area contributed by atoms with Crippen LogP contribution in [0.1, 0.15) is 79.7 Å². The molecule has 304 valence electrons. The summed E-state index contributed by atoms with van der Waals surface area (Å²) in [5.41, 5.74) is 2.28. The van der Waals surface area contributed by atoms with E-state index in [0.29, 0.717) is 25.6 Å². The monoisotopic (exact) mass is 747 g/mol. The molecule has 0 aliphatic carbocycles.